The maximum Gasteiger partial charge on any atom is 0.296 e. The van der Waals surface area contributed by atoms with Gasteiger partial charge in [0.25, 0.3) is 5.69 Å². The van der Waals surface area contributed by atoms with Crippen LogP contribution in [0.25, 0.3) is 0 Å². The number of nitro groups is 1. The minimum Gasteiger partial charge on any atom is -0.454 e. The first-order chi connectivity index (χ1) is 10.1. The van der Waals surface area contributed by atoms with Crippen molar-refractivity contribution in [1.82, 2.24) is 0 Å². The Morgan fingerprint density at radius 2 is 1.81 bits per heavy atom. The zero-order valence-electron chi connectivity index (χ0n) is 12.3. The van der Waals surface area contributed by atoms with Crippen LogP contribution in [0, 0.1) is 22.0 Å². The van der Waals surface area contributed by atoms with E-state index in [4.69, 9.17) is 9.47 Å². The summed E-state index contributed by atoms with van der Waals surface area (Å²) in [6.07, 6.45) is 3.53. The molecule has 1 N–H and O–H groups in total. The number of benzene rings is 1. The molecule has 6 nitrogen and oxygen atoms in total. The van der Waals surface area contributed by atoms with Crippen molar-refractivity contribution >= 4 is 11.4 Å². The van der Waals surface area contributed by atoms with E-state index in [1.807, 2.05) is 0 Å². The number of ether oxygens (including phenoxy) is 2. The lowest BCUT2D eigenvalue weighted by Gasteiger charge is -2.35. The van der Waals surface area contributed by atoms with Crippen LogP contribution in [0.5, 0.6) is 11.5 Å². The van der Waals surface area contributed by atoms with Gasteiger partial charge in [0.1, 0.15) is 5.69 Å². The molecule has 1 heterocycles. The summed E-state index contributed by atoms with van der Waals surface area (Å²) >= 11 is 0. The molecule has 0 aromatic heterocycles. The van der Waals surface area contributed by atoms with Gasteiger partial charge in [-0.1, -0.05) is 20.3 Å². The van der Waals surface area contributed by atoms with E-state index in [2.05, 4.69) is 19.2 Å². The van der Waals surface area contributed by atoms with Crippen LogP contribution in [0.1, 0.15) is 33.1 Å². The standard InChI is InChI=1S/C15H20N2O4/c1-9-4-3-5-10(2)15(9)16-11-6-13-14(21-8-20-13)7-12(11)17(18)19/h6-7,9-10,15-16H,3-5,8H2,1-2H3. The second kappa shape index (κ2) is 5.42. The zero-order valence-corrected chi connectivity index (χ0v) is 12.3. The molecule has 0 spiro atoms. The molecular formula is C15H20N2O4. The molecule has 1 aliphatic carbocycles. The highest BCUT2D eigenvalue weighted by Gasteiger charge is 2.31. The van der Waals surface area contributed by atoms with Gasteiger partial charge in [-0.15, -0.1) is 0 Å². The van der Waals surface area contributed by atoms with Crippen molar-refractivity contribution in [2.45, 2.75) is 39.2 Å². The number of hydrogen-bond acceptors (Lipinski definition) is 5. The van der Waals surface area contributed by atoms with Gasteiger partial charge in [-0.05, 0) is 24.7 Å². The minimum atomic E-state index is -0.373. The molecule has 1 saturated carbocycles. The fourth-order valence-electron chi connectivity index (χ4n) is 3.34. The van der Waals surface area contributed by atoms with E-state index in [0.29, 0.717) is 29.0 Å². The highest BCUT2D eigenvalue weighted by molar-refractivity contribution is 5.69. The number of nitrogens with zero attached hydrogens (tertiary/aromatic N) is 1. The average molecular weight is 292 g/mol. The number of nitrogens with one attached hydrogen (secondary N) is 1. The number of fused-ring (bicyclic) bond motifs is 1. The largest absolute Gasteiger partial charge is 0.454 e. The van der Waals surface area contributed by atoms with E-state index in [1.54, 1.807) is 6.07 Å². The maximum absolute atomic E-state index is 11.3. The van der Waals surface area contributed by atoms with Crippen LogP contribution < -0.4 is 14.8 Å². The lowest BCUT2D eigenvalue weighted by Crippen LogP contribution is -2.37. The van der Waals surface area contributed by atoms with Gasteiger partial charge >= 0.3 is 0 Å². The molecule has 0 saturated heterocycles. The topological polar surface area (TPSA) is 73.6 Å². The molecule has 2 atom stereocenters. The lowest BCUT2D eigenvalue weighted by molar-refractivity contribution is -0.384. The van der Waals surface area contributed by atoms with Gasteiger partial charge in [0, 0.05) is 12.1 Å². The predicted molar refractivity (Wildman–Crippen MR) is 78.8 cm³/mol. The number of rotatable bonds is 3. The smallest absolute Gasteiger partial charge is 0.296 e. The molecule has 0 bridgehead atoms. The summed E-state index contributed by atoms with van der Waals surface area (Å²) < 4.78 is 10.6. The van der Waals surface area contributed by atoms with E-state index >= 15 is 0 Å². The molecule has 1 aromatic rings. The van der Waals surface area contributed by atoms with Crippen LogP contribution in [0.4, 0.5) is 11.4 Å². The summed E-state index contributed by atoms with van der Waals surface area (Å²) in [5.74, 6) is 2.01. The zero-order chi connectivity index (χ0) is 15.0. The Hall–Kier alpha value is -1.98. The molecule has 2 aliphatic rings. The number of nitro benzene ring substituents is 1. The van der Waals surface area contributed by atoms with Crippen molar-refractivity contribution in [3.63, 3.8) is 0 Å². The highest BCUT2D eigenvalue weighted by atomic mass is 16.7. The summed E-state index contributed by atoms with van der Waals surface area (Å²) in [5.41, 5.74) is 0.569. The van der Waals surface area contributed by atoms with Gasteiger partial charge in [-0.25, -0.2) is 0 Å². The van der Waals surface area contributed by atoms with Crippen LogP contribution in [0.2, 0.25) is 0 Å². The van der Waals surface area contributed by atoms with Crippen LogP contribution in [0.15, 0.2) is 12.1 Å². The molecule has 1 aliphatic heterocycles. The molecule has 114 valence electrons. The predicted octanol–water partition coefficient (Wildman–Crippen LogP) is 3.56. The Labute approximate surface area is 123 Å². The fourth-order valence-corrected chi connectivity index (χ4v) is 3.34. The monoisotopic (exact) mass is 292 g/mol. The molecule has 1 aromatic carbocycles. The van der Waals surface area contributed by atoms with Crippen LogP contribution in [0.3, 0.4) is 0 Å². The third-order valence-corrected chi connectivity index (χ3v) is 4.55. The maximum atomic E-state index is 11.3. The Morgan fingerprint density at radius 1 is 1.19 bits per heavy atom. The number of hydrogen-bond donors (Lipinski definition) is 1. The van der Waals surface area contributed by atoms with E-state index in [0.717, 1.165) is 12.8 Å². The summed E-state index contributed by atoms with van der Waals surface area (Å²) in [4.78, 5) is 10.9. The van der Waals surface area contributed by atoms with Crippen molar-refractivity contribution in [2.75, 3.05) is 12.1 Å². The van der Waals surface area contributed by atoms with E-state index in [1.165, 1.54) is 12.5 Å². The first-order valence-electron chi connectivity index (χ1n) is 7.41. The summed E-state index contributed by atoms with van der Waals surface area (Å²) in [6, 6.07) is 3.38. The quantitative estimate of drug-likeness (QED) is 0.681. The molecule has 0 radical (unpaired) electrons. The first kappa shape index (κ1) is 14.0. The second-order valence-corrected chi connectivity index (χ2v) is 6.04. The summed E-state index contributed by atoms with van der Waals surface area (Å²) in [5, 5.41) is 14.7. The Kier molecular flexibility index (Phi) is 3.61. The Bertz CT molecular complexity index is 551. The van der Waals surface area contributed by atoms with Crippen molar-refractivity contribution < 1.29 is 14.4 Å². The van der Waals surface area contributed by atoms with E-state index in [9.17, 15) is 10.1 Å². The summed E-state index contributed by atoms with van der Waals surface area (Å²) in [7, 11) is 0. The van der Waals surface area contributed by atoms with Crippen molar-refractivity contribution in [3.8, 4) is 11.5 Å². The lowest BCUT2D eigenvalue weighted by atomic mass is 9.78. The first-order valence-corrected chi connectivity index (χ1v) is 7.41. The molecule has 21 heavy (non-hydrogen) atoms. The third-order valence-electron chi connectivity index (χ3n) is 4.55. The average Bonchev–Trinajstić information content (AvgIpc) is 2.89. The van der Waals surface area contributed by atoms with Gasteiger partial charge in [0.05, 0.1) is 11.0 Å². The molecule has 3 rings (SSSR count). The molecular weight excluding hydrogens is 272 g/mol. The van der Waals surface area contributed by atoms with Crippen molar-refractivity contribution in [1.29, 1.82) is 0 Å². The van der Waals surface area contributed by atoms with Gasteiger partial charge in [-0.2, -0.15) is 0 Å². The van der Waals surface area contributed by atoms with Gasteiger partial charge in [0.15, 0.2) is 11.5 Å². The normalized spacial score (nSPS) is 27.4. The highest BCUT2D eigenvalue weighted by Crippen LogP contribution is 2.42. The van der Waals surface area contributed by atoms with E-state index in [-0.39, 0.29) is 23.4 Å². The van der Waals surface area contributed by atoms with Gasteiger partial charge < -0.3 is 14.8 Å². The SMILES string of the molecule is CC1CCCC(C)C1Nc1cc2c(cc1[N+](=O)[O-])OCO2. The third kappa shape index (κ3) is 2.62. The molecule has 6 heteroatoms. The van der Waals surface area contributed by atoms with Gasteiger partial charge in [0.2, 0.25) is 6.79 Å². The summed E-state index contributed by atoms with van der Waals surface area (Å²) in [6.45, 7) is 4.52. The molecule has 2 unspecified atom stereocenters. The second-order valence-electron chi connectivity index (χ2n) is 6.04. The fraction of sp³-hybridized carbons (Fsp3) is 0.600. The molecule has 0 amide bonds. The van der Waals surface area contributed by atoms with Gasteiger partial charge in [-0.3, -0.25) is 10.1 Å². The van der Waals surface area contributed by atoms with Crippen LogP contribution in [-0.2, 0) is 0 Å². The Morgan fingerprint density at radius 3 is 2.43 bits per heavy atom. The van der Waals surface area contributed by atoms with Crippen molar-refractivity contribution in [2.24, 2.45) is 11.8 Å². The Balaban J connectivity index is 1.92. The van der Waals surface area contributed by atoms with Crippen LogP contribution in [-0.4, -0.2) is 17.8 Å². The minimum absolute atomic E-state index is 0.0456. The molecule has 1 fully saturated rings. The number of anilines is 1. The van der Waals surface area contributed by atoms with E-state index < -0.39 is 0 Å². The van der Waals surface area contributed by atoms with Crippen LogP contribution >= 0.6 is 0 Å². The van der Waals surface area contributed by atoms with Crippen molar-refractivity contribution in [3.05, 3.63) is 22.2 Å².